The minimum Gasteiger partial charge on any atom is -0.281 e. The van der Waals surface area contributed by atoms with Crippen molar-refractivity contribution in [3.05, 3.63) is 64.7 Å². The Hall–Kier alpha value is -2.17. The van der Waals surface area contributed by atoms with Gasteiger partial charge < -0.3 is 0 Å². The van der Waals surface area contributed by atoms with E-state index in [1.807, 2.05) is 48.2 Å². The van der Waals surface area contributed by atoms with Gasteiger partial charge >= 0.3 is 0 Å². The quantitative estimate of drug-likeness (QED) is 0.813. The summed E-state index contributed by atoms with van der Waals surface area (Å²) >= 11 is 6.10. The van der Waals surface area contributed by atoms with Gasteiger partial charge in [0, 0.05) is 11.6 Å². The van der Waals surface area contributed by atoms with Crippen LogP contribution in [0.4, 0.5) is 5.69 Å². The average Bonchev–Trinajstić information content (AvgIpc) is 2.51. The van der Waals surface area contributed by atoms with Crippen molar-refractivity contribution in [3.63, 3.8) is 0 Å². The summed E-state index contributed by atoms with van der Waals surface area (Å²) in [6.07, 6.45) is 0. The Morgan fingerprint density at radius 1 is 1.00 bits per heavy atom. The highest BCUT2D eigenvalue weighted by Crippen LogP contribution is 2.25. The summed E-state index contributed by atoms with van der Waals surface area (Å²) in [5, 5.41) is 0.551. The second-order valence-electron chi connectivity index (χ2n) is 5.69. The van der Waals surface area contributed by atoms with Gasteiger partial charge in [-0.3, -0.25) is 14.5 Å². The zero-order valence-corrected chi connectivity index (χ0v) is 13.6. The standard InChI is InChI=1S/C18H17ClN2O2/c1-13-7-8-15(9-16(13)19)21-17(22)11-20(12-18(21)23)10-14-5-3-2-4-6-14/h2-9H,10-12H2,1H3. The lowest BCUT2D eigenvalue weighted by Gasteiger charge is -2.32. The maximum atomic E-state index is 12.4. The maximum absolute atomic E-state index is 12.4. The van der Waals surface area contributed by atoms with Gasteiger partial charge in [-0.1, -0.05) is 48.0 Å². The van der Waals surface area contributed by atoms with Crippen LogP contribution in [0.2, 0.25) is 5.02 Å². The van der Waals surface area contributed by atoms with Gasteiger partial charge in [0.05, 0.1) is 18.8 Å². The number of hydrogen-bond acceptors (Lipinski definition) is 3. The predicted octanol–water partition coefficient (Wildman–Crippen LogP) is 3.02. The number of amides is 2. The number of imide groups is 1. The molecule has 5 heteroatoms. The summed E-state index contributed by atoms with van der Waals surface area (Å²) in [7, 11) is 0. The van der Waals surface area contributed by atoms with E-state index in [-0.39, 0.29) is 24.9 Å². The smallest absolute Gasteiger partial charge is 0.247 e. The number of carbonyl (C=O) groups excluding carboxylic acids is 2. The van der Waals surface area contributed by atoms with Crippen molar-refractivity contribution < 1.29 is 9.59 Å². The highest BCUT2D eigenvalue weighted by Gasteiger charge is 2.32. The fraction of sp³-hybridized carbons (Fsp3) is 0.222. The molecule has 0 atom stereocenters. The molecule has 1 saturated heterocycles. The molecular formula is C18H17ClN2O2. The first kappa shape index (κ1) is 15.7. The molecular weight excluding hydrogens is 312 g/mol. The molecule has 1 heterocycles. The maximum Gasteiger partial charge on any atom is 0.247 e. The number of piperazine rings is 1. The molecule has 2 amide bonds. The molecule has 2 aromatic rings. The van der Waals surface area contributed by atoms with E-state index in [0.717, 1.165) is 11.1 Å². The Labute approximate surface area is 140 Å². The van der Waals surface area contributed by atoms with Gasteiger partial charge in [0.25, 0.3) is 0 Å². The van der Waals surface area contributed by atoms with E-state index >= 15 is 0 Å². The normalized spacial score (nSPS) is 16.0. The van der Waals surface area contributed by atoms with Crippen molar-refractivity contribution in [1.29, 1.82) is 0 Å². The first-order valence-corrected chi connectivity index (χ1v) is 7.80. The zero-order chi connectivity index (χ0) is 16.4. The molecule has 0 aromatic heterocycles. The van der Waals surface area contributed by atoms with Gasteiger partial charge in [-0.15, -0.1) is 0 Å². The van der Waals surface area contributed by atoms with E-state index in [1.165, 1.54) is 4.90 Å². The topological polar surface area (TPSA) is 40.6 Å². The summed E-state index contributed by atoms with van der Waals surface area (Å²) in [5.74, 6) is -0.450. The zero-order valence-electron chi connectivity index (χ0n) is 12.8. The number of nitrogens with zero attached hydrogens (tertiary/aromatic N) is 2. The van der Waals surface area contributed by atoms with Crippen LogP contribution in [-0.4, -0.2) is 29.8 Å². The van der Waals surface area contributed by atoms with Gasteiger partial charge in [-0.05, 0) is 30.2 Å². The van der Waals surface area contributed by atoms with Gasteiger partial charge in [0.1, 0.15) is 0 Å². The third kappa shape index (κ3) is 3.44. The van der Waals surface area contributed by atoms with Crippen LogP contribution in [-0.2, 0) is 16.1 Å². The summed E-state index contributed by atoms with van der Waals surface area (Å²) < 4.78 is 0. The molecule has 0 spiro atoms. The Morgan fingerprint density at radius 2 is 1.65 bits per heavy atom. The summed E-state index contributed by atoms with van der Waals surface area (Å²) in [6, 6.07) is 15.0. The van der Waals surface area contributed by atoms with Crippen LogP contribution in [0.25, 0.3) is 0 Å². The third-order valence-corrected chi connectivity index (χ3v) is 4.29. The first-order valence-electron chi connectivity index (χ1n) is 7.43. The monoisotopic (exact) mass is 328 g/mol. The van der Waals surface area contributed by atoms with Crippen LogP contribution in [0.3, 0.4) is 0 Å². The molecule has 0 unspecified atom stereocenters. The summed E-state index contributed by atoms with van der Waals surface area (Å²) in [5.41, 5.74) is 2.54. The summed E-state index contributed by atoms with van der Waals surface area (Å²) in [4.78, 5) is 27.9. The number of hydrogen-bond donors (Lipinski definition) is 0. The van der Waals surface area contributed by atoms with Crippen molar-refractivity contribution in [2.45, 2.75) is 13.5 Å². The molecule has 3 rings (SSSR count). The van der Waals surface area contributed by atoms with E-state index in [4.69, 9.17) is 11.6 Å². The lowest BCUT2D eigenvalue weighted by atomic mass is 10.1. The third-order valence-electron chi connectivity index (χ3n) is 3.88. The molecule has 23 heavy (non-hydrogen) atoms. The Balaban J connectivity index is 1.76. The average molecular weight is 329 g/mol. The van der Waals surface area contributed by atoms with E-state index in [2.05, 4.69) is 0 Å². The van der Waals surface area contributed by atoms with Crippen molar-refractivity contribution in [1.82, 2.24) is 4.90 Å². The van der Waals surface area contributed by atoms with Gasteiger partial charge in [0.2, 0.25) is 11.8 Å². The lowest BCUT2D eigenvalue weighted by Crippen LogP contribution is -2.53. The molecule has 0 N–H and O–H groups in total. The molecule has 118 valence electrons. The minimum atomic E-state index is -0.225. The van der Waals surface area contributed by atoms with Crippen molar-refractivity contribution >= 4 is 29.1 Å². The Morgan fingerprint density at radius 3 is 2.26 bits per heavy atom. The lowest BCUT2D eigenvalue weighted by molar-refractivity contribution is -0.132. The molecule has 0 saturated carbocycles. The molecule has 0 aliphatic carbocycles. The van der Waals surface area contributed by atoms with Gasteiger partial charge in [0.15, 0.2) is 0 Å². The molecule has 0 bridgehead atoms. The fourth-order valence-electron chi connectivity index (χ4n) is 2.68. The molecule has 4 nitrogen and oxygen atoms in total. The minimum absolute atomic E-state index is 0.214. The van der Waals surface area contributed by atoms with Crippen molar-refractivity contribution in [2.24, 2.45) is 0 Å². The van der Waals surface area contributed by atoms with Crippen LogP contribution in [0, 0.1) is 6.92 Å². The Bertz CT molecular complexity index is 728. The van der Waals surface area contributed by atoms with Crippen molar-refractivity contribution in [3.8, 4) is 0 Å². The molecule has 1 aliphatic rings. The first-order chi connectivity index (χ1) is 11.0. The van der Waals surface area contributed by atoms with E-state index in [1.54, 1.807) is 12.1 Å². The van der Waals surface area contributed by atoms with Gasteiger partial charge in [-0.2, -0.15) is 0 Å². The van der Waals surface area contributed by atoms with E-state index in [0.29, 0.717) is 17.3 Å². The SMILES string of the molecule is Cc1ccc(N2C(=O)CN(Cc3ccccc3)CC2=O)cc1Cl. The van der Waals surface area contributed by atoms with Crippen LogP contribution in [0.5, 0.6) is 0 Å². The van der Waals surface area contributed by atoms with Crippen LogP contribution < -0.4 is 4.90 Å². The molecule has 1 fully saturated rings. The number of aryl methyl sites for hydroxylation is 1. The second-order valence-corrected chi connectivity index (χ2v) is 6.09. The Kier molecular flexibility index (Phi) is 4.46. The second kappa shape index (κ2) is 6.52. The molecule has 0 radical (unpaired) electrons. The van der Waals surface area contributed by atoms with Crippen molar-refractivity contribution in [2.75, 3.05) is 18.0 Å². The van der Waals surface area contributed by atoms with Crippen LogP contribution in [0.15, 0.2) is 48.5 Å². The fourth-order valence-corrected chi connectivity index (χ4v) is 2.86. The largest absolute Gasteiger partial charge is 0.281 e. The predicted molar refractivity (Wildman–Crippen MR) is 90.4 cm³/mol. The van der Waals surface area contributed by atoms with Crippen LogP contribution in [0.1, 0.15) is 11.1 Å². The number of carbonyl (C=O) groups is 2. The number of anilines is 1. The molecule has 2 aromatic carbocycles. The summed E-state index contributed by atoms with van der Waals surface area (Å²) in [6.45, 7) is 2.90. The van der Waals surface area contributed by atoms with E-state index < -0.39 is 0 Å². The van der Waals surface area contributed by atoms with Gasteiger partial charge in [-0.25, -0.2) is 4.90 Å². The number of benzene rings is 2. The number of rotatable bonds is 3. The number of halogens is 1. The highest BCUT2D eigenvalue weighted by molar-refractivity contribution is 6.32. The van der Waals surface area contributed by atoms with Crippen LogP contribution >= 0.6 is 11.6 Å². The van der Waals surface area contributed by atoms with E-state index in [9.17, 15) is 9.59 Å². The molecule has 1 aliphatic heterocycles. The highest BCUT2D eigenvalue weighted by atomic mass is 35.5.